The first-order valence-corrected chi connectivity index (χ1v) is 31.2. The maximum Gasteiger partial charge on any atom is 0.365 e. The second kappa shape index (κ2) is 49.9. The summed E-state index contributed by atoms with van der Waals surface area (Å²) in [5.41, 5.74) is 7.13. The number of carbonyl (C=O) groups is 5. The summed E-state index contributed by atoms with van der Waals surface area (Å²) >= 11 is 0. The van der Waals surface area contributed by atoms with Gasteiger partial charge in [0, 0.05) is 35.9 Å². The van der Waals surface area contributed by atoms with Crippen LogP contribution in [0.15, 0.2) is 161 Å². The highest BCUT2D eigenvalue weighted by Crippen LogP contribution is 2.38. The average molecular weight is 1310 g/mol. The van der Waals surface area contributed by atoms with Crippen LogP contribution >= 0.6 is 0 Å². The first-order valence-electron chi connectivity index (χ1n) is 31.2. The number of esters is 3. The molecule has 0 radical (unpaired) electrons. The van der Waals surface area contributed by atoms with Gasteiger partial charge in [-0.25, -0.2) is 53.3 Å². The maximum absolute atomic E-state index is 13.5. The standard InChI is InChI=1S/C72H88O22/c1-7-45-81-82-51-24-23-50-79-71-60(26-14-18-54-87-93-85-46-8-2)31-32-61(72(71)80-49-22-21-48-78-66(73)10-4)38-44-70(77)90-63-41-35-57(36-42-63)56-33-39-62(40-34-56)89-69(76)43-37-59-30-29-58(25-13-17-52-83-91-67(74)11-5)64(27-15-19-53-84-92-68(75)12-6)65(59)28-16-20-55-88-94-86-47-9-3/h7-12,29-44H,1-6,13-28,45-55H2. The molecule has 0 heterocycles. The number of hydrogen-bond acceptors (Lipinski definition) is 22. The van der Waals surface area contributed by atoms with E-state index in [1.54, 1.807) is 42.5 Å². The highest BCUT2D eigenvalue weighted by molar-refractivity contribution is 5.90. The zero-order chi connectivity index (χ0) is 67.5. The molecule has 0 atom stereocenters. The average Bonchev–Trinajstić information content (AvgIpc) is 0.889. The van der Waals surface area contributed by atoms with Gasteiger partial charge in [0.2, 0.25) is 0 Å². The highest BCUT2D eigenvalue weighted by Gasteiger charge is 2.18. The summed E-state index contributed by atoms with van der Waals surface area (Å²) in [4.78, 5) is 111. The number of rotatable bonds is 55. The van der Waals surface area contributed by atoms with E-state index in [1.165, 1.54) is 24.3 Å². The Balaban J connectivity index is 1.48. The minimum atomic E-state index is -0.683. The third-order valence-electron chi connectivity index (χ3n) is 13.2. The van der Waals surface area contributed by atoms with Crippen molar-refractivity contribution in [1.29, 1.82) is 0 Å². The number of unbranched alkanes of at least 4 members (excludes halogenated alkanes) is 6. The van der Waals surface area contributed by atoms with Crippen molar-refractivity contribution < 1.29 is 107 Å². The highest BCUT2D eigenvalue weighted by atomic mass is 17.5. The molecule has 0 fully saturated rings. The van der Waals surface area contributed by atoms with E-state index < -0.39 is 29.8 Å². The summed E-state index contributed by atoms with van der Waals surface area (Å²) in [6.45, 7) is 23.7. The topological polar surface area (TPSA) is 242 Å². The van der Waals surface area contributed by atoms with Gasteiger partial charge in [-0.05, 0) is 178 Å². The Kier molecular flexibility index (Phi) is 41.3. The Bertz CT molecular complexity index is 3000. The summed E-state index contributed by atoms with van der Waals surface area (Å²) in [5, 5.41) is 9.48. The van der Waals surface area contributed by atoms with Crippen molar-refractivity contribution in [2.75, 3.05) is 72.7 Å². The van der Waals surface area contributed by atoms with Gasteiger partial charge in [-0.3, -0.25) is 9.78 Å². The van der Waals surface area contributed by atoms with Crippen molar-refractivity contribution in [3.8, 4) is 34.1 Å². The minimum Gasteiger partial charge on any atom is -0.489 e. The summed E-state index contributed by atoms with van der Waals surface area (Å²) in [7, 11) is 0. The van der Waals surface area contributed by atoms with Crippen LogP contribution in [0.1, 0.15) is 110 Å². The molecule has 508 valence electrons. The molecule has 0 unspecified atom stereocenters. The van der Waals surface area contributed by atoms with Gasteiger partial charge in [0.05, 0.1) is 52.9 Å². The molecule has 0 spiro atoms. The van der Waals surface area contributed by atoms with E-state index in [4.69, 9.17) is 77.7 Å². The smallest absolute Gasteiger partial charge is 0.365 e. The third-order valence-corrected chi connectivity index (χ3v) is 13.2. The Morgan fingerprint density at radius 1 is 0.340 bits per heavy atom. The summed E-state index contributed by atoms with van der Waals surface area (Å²) in [5.74, 6) is -1.52. The van der Waals surface area contributed by atoms with Gasteiger partial charge in [0.15, 0.2) is 11.5 Å². The van der Waals surface area contributed by atoms with Crippen molar-refractivity contribution in [2.24, 2.45) is 0 Å². The molecule has 0 N–H and O–H groups in total. The molecule has 0 aliphatic carbocycles. The number of benzene rings is 4. The summed E-state index contributed by atoms with van der Waals surface area (Å²) < 4.78 is 29.5. The second-order valence-electron chi connectivity index (χ2n) is 20.3. The van der Waals surface area contributed by atoms with Crippen molar-refractivity contribution in [3.05, 3.63) is 194 Å². The molecule has 0 saturated carbocycles. The Morgan fingerprint density at radius 2 is 0.755 bits per heavy atom. The van der Waals surface area contributed by atoms with Gasteiger partial charge in [0.25, 0.3) is 0 Å². The molecular formula is C72H88O22. The molecule has 22 heteroatoms. The van der Waals surface area contributed by atoms with Gasteiger partial charge >= 0.3 is 29.8 Å². The first-order chi connectivity index (χ1) is 46.0. The molecule has 4 aromatic rings. The second-order valence-corrected chi connectivity index (χ2v) is 20.3. The van der Waals surface area contributed by atoms with E-state index in [1.807, 2.05) is 48.5 Å². The monoisotopic (exact) mass is 1300 g/mol. The van der Waals surface area contributed by atoms with Crippen LogP contribution in [0.25, 0.3) is 23.3 Å². The Hall–Kier alpha value is -8.65. The molecule has 0 saturated heterocycles. The zero-order valence-electron chi connectivity index (χ0n) is 53.5. The normalized spacial score (nSPS) is 11.0. The minimum absolute atomic E-state index is 0.171. The van der Waals surface area contributed by atoms with Crippen LogP contribution < -0.4 is 18.9 Å². The lowest BCUT2D eigenvalue weighted by Crippen LogP contribution is -2.09. The van der Waals surface area contributed by atoms with Gasteiger partial charge in [-0.15, -0.1) is 19.7 Å². The van der Waals surface area contributed by atoms with Gasteiger partial charge in [-0.1, -0.05) is 96.6 Å². The van der Waals surface area contributed by atoms with Crippen molar-refractivity contribution >= 4 is 42.0 Å². The fraction of sp³-hybridized carbons (Fsp3) is 0.375. The fourth-order valence-corrected chi connectivity index (χ4v) is 8.69. The SMILES string of the molecule is C=CCOOCCCCOc1c(CCCCOOOCC=C)ccc(C=CC(=O)Oc2ccc(-c3ccc(OC(=O)C=Cc4ccc(CCCCOOC(=O)C=C)c(CCCCOOC(=O)C=C)c4CCCCOOOCC=C)cc3)cc2)c1OCCCCOC(=O)C=C. The quantitative estimate of drug-likeness (QED) is 0.00758. The molecule has 0 aliphatic heterocycles. The van der Waals surface area contributed by atoms with Crippen molar-refractivity contribution in [2.45, 2.75) is 103 Å². The van der Waals surface area contributed by atoms with Crippen LogP contribution in [0, 0.1) is 0 Å². The number of ether oxygens (including phenoxy) is 5. The summed E-state index contributed by atoms with van der Waals surface area (Å²) in [6.07, 6.45) is 24.1. The molecule has 22 nitrogen and oxygen atoms in total. The van der Waals surface area contributed by atoms with E-state index in [9.17, 15) is 24.0 Å². The fourth-order valence-electron chi connectivity index (χ4n) is 8.69. The molecular weight excluding hydrogens is 1220 g/mol. The Labute approximate surface area is 550 Å². The largest absolute Gasteiger partial charge is 0.489 e. The predicted octanol–water partition coefficient (Wildman–Crippen LogP) is 13.5. The van der Waals surface area contributed by atoms with Crippen molar-refractivity contribution in [3.63, 3.8) is 0 Å². The van der Waals surface area contributed by atoms with Crippen LogP contribution in [0.5, 0.6) is 23.0 Å². The van der Waals surface area contributed by atoms with Crippen LogP contribution in [-0.2, 0) is 113 Å². The molecule has 0 amide bonds. The van der Waals surface area contributed by atoms with E-state index in [0.717, 1.165) is 63.6 Å². The van der Waals surface area contributed by atoms with Gasteiger partial charge in [0.1, 0.15) is 31.3 Å². The molecule has 0 aliphatic rings. The molecule has 0 aromatic heterocycles. The van der Waals surface area contributed by atoms with Crippen LogP contribution in [0.4, 0.5) is 0 Å². The predicted molar refractivity (Wildman–Crippen MR) is 349 cm³/mol. The first kappa shape index (κ1) is 77.8. The summed E-state index contributed by atoms with van der Waals surface area (Å²) in [6, 6.07) is 21.8. The lowest BCUT2D eigenvalue weighted by Gasteiger charge is -2.19. The van der Waals surface area contributed by atoms with Crippen LogP contribution in [0.3, 0.4) is 0 Å². The number of carbonyl (C=O) groups excluding carboxylic acids is 5. The van der Waals surface area contributed by atoms with Crippen molar-refractivity contribution in [1.82, 2.24) is 0 Å². The Morgan fingerprint density at radius 3 is 1.29 bits per heavy atom. The molecule has 4 aromatic carbocycles. The lowest BCUT2D eigenvalue weighted by molar-refractivity contribution is -0.509. The molecule has 0 bridgehead atoms. The van der Waals surface area contributed by atoms with Crippen LogP contribution in [-0.4, -0.2) is 103 Å². The van der Waals surface area contributed by atoms with Gasteiger partial charge in [-0.2, -0.15) is 9.78 Å². The van der Waals surface area contributed by atoms with E-state index in [-0.39, 0.29) is 59.5 Å². The zero-order valence-corrected chi connectivity index (χ0v) is 53.5. The maximum atomic E-state index is 13.5. The third kappa shape index (κ3) is 33.3. The molecule has 4 rings (SSSR count). The van der Waals surface area contributed by atoms with E-state index in [0.29, 0.717) is 138 Å². The number of aryl methyl sites for hydroxylation is 2. The lowest BCUT2D eigenvalue weighted by atomic mass is 9.87. The number of hydrogen-bond donors (Lipinski definition) is 0. The van der Waals surface area contributed by atoms with E-state index in [2.05, 4.69) is 44.4 Å². The van der Waals surface area contributed by atoms with E-state index >= 15 is 0 Å². The molecule has 94 heavy (non-hydrogen) atoms. The van der Waals surface area contributed by atoms with Gasteiger partial charge < -0.3 is 23.7 Å². The van der Waals surface area contributed by atoms with Crippen LogP contribution in [0.2, 0.25) is 0 Å².